The van der Waals surface area contributed by atoms with Crippen LogP contribution < -0.4 is 5.32 Å². The van der Waals surface area contributed by atoms with Crippen molar-refractivity contribution in [3.8, 4) is 0 Å². The first-order valence-electron chi connectivity index (χ1n) is 6.75. The standard InChI is InChI=1S/C15H16F2N2/c1-2-18-14-9-5-3-4-6-12(9)19-15-11(17)8-7-10(16)13(14)15/h7-8H,2-6H2,1H3,(H,18,19). The molecule has 1 heterocycles. The molecule has 0 amide bonds. The lowest BCUT2D eigenvalue weighted by Gasteiger charge is -2.21. The van der Waals surface area contributed by atoms with E-state index in [0.717, 1.165) is 48.7 Å². The number of fused-ring (bicyclic) bond motifs is 2. The van der Waals surface area contributed by atoms with E-state index in [1.54, 1.807) is 0 Å². The number of aryl methyl sites for hydroxylation is 1. The molecule has 2 aromatic rings. The van der Waals surface area contributed by atoms with E-state index in [1.165, 1.54) is 6.07 Å². The Labute approximate surface area is 110 Å². The Morgan fingerprint density at radius 2 is 1.89 bits per heavy atom. The number of hydrogen-bond acceptors (Lipinski definition) is 2. The van der Waals surface area contributed by atoms with E-state index < -0.39 is 11.6 Å². The van der Waals surface area contributed by atoms with Crippen molar-refractivity contribution in [3.05, 3.63) is 35.0 Å². The van der Waals surface area contributed by atoms with Gasteiger partial charge in [0, 0.05) is 12.2 Å². The second-order valence-corrected chi connectivity index (χ2v) is 4.90. The van der Waals surface area contributed by atoms with Gasteiger partial charge in [-0.15, -0.1) is 0 Å². The molecule has 1 aromatic heterocycles. The molecule has 0 radical (unpaired) electrons. The van der Waals surface area contributed by atoms with Crippen molar-refractivity contribution in [2.45, 2.75) is 32.6 Å². The number of hydrogen-bond donors (Lipinski definition) is 1. The van der Waals surface area contributed by atoms with Gasteiger partial charge in [0.15, 0.2) is 0 Å². The summed E-state index contributed by atoms with van der Waals surface area (Å²) in [6.07, 6.45) is 3.87. The van der Waals surface area contributed by atoms with Gasteiger partial charge in [-0.1, -0.05) is 0 Å². The monoisotopic (exact) mass is 262 g/mol. The highest BCUT2D eigenvalue weighted by Gasteiger charge is 2.21. The molecule has 1 aromatic carbocycles. The van der Waals surface area contributed by atoms with Crippen molar-refractivity contribution in [2.75, 3.05) is 11.9 Å². The number of halogens is 2. The van der Waals surface area contributed by atoms with Crippen LogP contribution in [0.25, 0.3) is 10.9 Å². The molecule has 19 heavy (non-hydrogen) atoms. The molecular formula is C15H16F2N2. The van der Waals surface area contributed by atoms with Crippen molar-refractivity contribution in [3.63, 3.8) is 0 Å². The molecule has 100 valence electrons. The minimum Gasteiger partial charge on any atom is -0.384 e. The Balaban J connectivity index is 2.39. The second kappa shape index (κ2) is 4.76. The molecule has 0 bridgehead atoms. The molecule has 0 spiro atoms. The number of aromatic nitrogens is 1. The maximum Gasteiger partial charge on any atom is 0.149 e. The van der Waals surface area contributed by atoms with Crippen molar-refractivity contribution < 1.29 is 8.78 Å². The maximum absolute atomic E-state index is 14.1. The van der Waals surface area contributed by atoms with Gasteiger partial charge in [-0.05, 0) is 50.3 Å². The van der Waals surface area contributed by atoms with Gasteiger partial charge in [-0.25, -0.2) is 13.8 Å². The number of benzene rings is 1. The summed E-state index contributed by atoms with van der Waals surface area (Å²) >= 11 is 0. The van der Waals surface area contributed by atoms with Crippen LogP contribution in [0.4, 0.5) is 14.5 Å². The van der Waals surface area contributed by atoms with E-state index in [4.69, 9.17) is 0 Å². The first-order valence-corrected chi connectivity index (χ1v) is 6.75. The molecule has 0 aliphatic heterocycles. The maximum atomic E-state index is 14.1. The zero-order valence-corrected chi connectivity index (χ0v) is 10.9. The lowest BCUT2D eigenvalue weighted by molar-refractivity contribution is 0.611. The van der Waals surface area contributed by atoms with Crippen LogP contribution in [0.2, 0.25) is 0 Å². The molecule has 0 unspecified atom stereocenters. The quantitative estimate of drug-likeness (QED) is 0.889. The minimum atomic E-state index is -0.455. The van der Waals surface area contributed by atoms with Gasteiger partial charge in [0.1, 0.15) is 17.2 Å². The largest absolute Gasteiger partial charge is 0.384 e. The van der Waals surface area contributed by atoms with Gasteiger partial charge in [0.25, 0.3) is 0 Å². The van der Waals surface area contributed by atoms with Crippen LogP contribution >= 0.6 is 0 Å². The second-order valence-electron chi connectivity index (χ2n) is 4.90. The molecule has 3 rings (SSSR count). The van der Waals surface area contributed by atoms with Gasteiger partial charge in [0.05, 0.1) is 11.1 Å². The Morgan fingerprint density at radius 3 is 2.68 bits per heavy atom. The number of pyridine rings is 1. The SMILES string of the molecule is CCNc1c2c(nc3c(F)ccc(F)c13)CCCC2. The van der Waals surface area contributed by atoms with Crippen molar-refractivity contribution in [1.82, 2.24) is 4.98 Å². The van der Waals surface area contributed by atoms with E-state index in [9.17, 15) is 8.78 Å². The van der Waals surface area contributed by atoms with Crippen LogP contribution in [0.3, 0.4) is 0 Å². The smallest absolute Gasteiger partial charge is 0.149 e. The number of nitrogens with one attached hydrogen (secondary N) is 1. The average molecular weight is 262 g/mol. The summed E-state index contributed by atoms with van der Waals surface area (Å²) in [5.41, 5.74) is 2.86. The summed E-state index contributed by atoms with van der Waals surface area (Å²) in [4.78, 5) is 4.36. The fraction of sp³-hybridized carbons (Fsp3) is 0.400. The average Bonchev–Trinajstić information content (AvgIpc) is 2.43. The lowest BCUT2D eigenvalue weighted by atomic mass is 9.92. The third-order valence-electron chi connectivity index (χ3n) is 3.67. The highest BCUT2D eigenvalue weighted by atomic mass is 19.1. The molecule has 1 aliphatic carbocycles. The normalized spacial score (nSPS) is 14.5. The van der Waals surface area contributed by atoms with Gasteiger partial charge < -0.3 is 5.32 Å². The predicted octanol–water partition coefficient (Wildman–Crippen LogP) is 3.82. The van der Waals surface area contributed by atoms with Crippen LogP contribution in [0.15, 0.2) is 12.1 Å². The van der Waals surface area contributed by atoms with Crippen LogP contribution in [-0.2, 0) is 12.8 Å². The highest BCUT2D eigenvalue weighted by molar-refractivity contribution is 5.94. The van der Waals surface area contributed by atoms with Crippen molar-refractivity contribution in [2.24, 2.45) is 0 Å². The molecule has 0 saturated carbocycles. The number of anilines is 1. The fourth-order valence-electron chi connectivity index (χ4n) is 2.83. The van der Waals surface area contributed by atoms with Gasteiger partial charge in [-0.2, -0.15) is 0 Å². The molecule has 0 atom stereocenters. The van der Waals surface area contributed by atoms with Crippen LogP contribution in [-0.4, -0.2) is 11.5 Å². The van der Waals surface area contributed by atoms with E-state index >= 15 is 0 Å². The molecule has 1 aliphatic rings. The van der Waals surface area contributed by atoms with E-state index in [-0.39, 0.29) is 5.52 Å². The van der Waals surface area contributed by atoms with Crippen LogP contribution in [0, 0.1) is 11.6 Å². The van der Waals surface area contributed by atoms with Gasteiger partial charge in [0.2, 0.25) is 0 Å². The third kappa shape index (κ3) is 1.95. The minimum absolute atomic E-state index is 0.150. The first kappa shape index (κ1) is 12.3. The zero-order valence-electron chi connectivity index (χ0n) is 10.9. The summed E-state index contributed by atoms with van der Waals surface area (Å²) in [7, 11) is 0. The predicted molar refractivity (Wildman–Crippen MR) is 72.5 cm³/mol. The summed E-state index contributed by atoms with van der Waals surface area (Å²) in [6.45, 7) is 2.64. The third-order valence-corrected chi connectivity index (χ3v) is 3.67. The fourth-order valence-corrected chi connectivity index (χ4v) is 2.83. The molecule has 2 nitrogen and oxygen atoms in total. The highest BCUT2D eigenvalue weighted by Crippen LogP contribution is 2.35. The van der Waals surface area contributed by atoms with Gasteiger partial charge >= 0.3 is 0 Å². The van der Waals surface area contributed by atoms with E-state index in [0.29, 0.717) is 11.9 Å². The summed E-state index contributed by atoms with van der Waals surface area (Å²) < 4.78 is 28.0. The first-order chi connectivity index (χ1) is 9.22. The topological polar surface area (TPSA) is 24.9 Å². The van der Waals surface area contributed by atoms with Crippen molar-refractivity contribution in [1.29, 1.82) is 0 Å². The van der Waals surface area contributed by atoms with Crippen molar-refractivity contribution >= 4 is 16.6 Å². The van der Waals surface area contributed by atoms with E-state index in [1.807, 2.05) is 6.92 Å². The Hall–Kier alpha value is -1.71. The summed E-state index contributed by atoms with van der Waals surface area (Å²) in [5.74, 6) is -0.864. The Morgan fingerprint density at radius 1 is 1.16 bits per heavy atom. The summed E-state index contributed by atoms with van der Waals surface area (Å²) in [6, 6.07) is 2.32. The molecular weight excluding hydrogens is 246 g/mol. The molecule has 0 fully saturated rings. The lowest BCUT2D eigenvalue weighted by Crippen LogP contribution is -2.12. The van der Waals surface area contributed by atoms with Gasteiger partial charge in [-0.3, -0.25) is 0 Å². The number of rotatable bonds is 2. The molecule has 1 N–H and O–H groups in total. The zero-order chi connectivity index (χ0) is 13.4. The Kier molecular flexibility index (Phi) is 3.09. The molecule has 4 heteroatoms. The number of nitrogens with zero attached hydrogens (tertiary/aromatic N) is 1. The Bertz CT molecular complexity index is 638. The summed E-state index contributed by atoms with van der Waals surface area (Å²) in [5, 5.41) is 3.49. The van der Waals surface area contributed by atoms with Crippen LogP contribution in [0.5, 0.6) is 0 Å². The molecule has 0 saturated heterocycles. The van der Waals surface area contributed by atoms with E-state index in [2.05, 4.69) is 10.3 Å². The van der Waals surface area contributed by atoms with Crippen LogP contribution in [0.1, 0.15) is 31.0 Å².